The number of anilines is 2. The number of aryl methyl sites for hydroxylation is 1. The largest absolute Gasteiger partial charge is 0.465 e. The molecule has 0 aliphatic carbocycles. The smallest absolute Gasteiger partial charge is 0.326 e. The van der Waals surface area contributed by atoms with E-state index in [1.165, 1.54) is 12.1 Å². The lowest BCUT2D eigenvalue weighted by Gasteiger charge is -2.23. The van der Waals surface area contributed by atoms with Gasteiger partial charge in [-0.05, 0) is 62.4 Å². The highest BCUT2D eigenvalue weighted by molar-refractivity contribution is 7.92. The van der Waals surface area contributed by atoms with Gasteiger partial charge in [0.15, 0.2) is 0 Å². The summed E-state index contributed by atoms with van der Waals surface area (Å²) in [5.74, 6) is 0.0332. The first kappa shape index (κ1) is 25.8. The number of carbonyl (C=O) groups is 1. The molecule has 4 N–H and O–H groups in total. The lowest BCUT2D eigenvalue weighted by atomic mass is 10.1. The van der Waals surface area contributed by atoms with E-state index in [9.17, 15) is 13.2 Å². The Kier molecular flexibility index (Phi) is 7.49. The first-order valence-corrected chi connectivity index (χ1v) is 13.1. The van der Waals surface area contributed by atoms with Crippen LogP contribution in [-0.2, 0) is 26.1 Å². The fourth-order valence-electron chi connectivity index (χ4n) is 3.90. The van der Waals surface area contributed by atoms with Crippen LogP contribution in [0.5, 0.6) is 0 Å². The van der Waals surface area contributed by atoms with E-state index >= 15 is 0 Å². The molecule has 0 bridgehead atoms. The van der Waals surface area contributed by atoms with Crippen molar-refractivity contribution in [3.05, 3.63) is 89.7 Å². The summed E-state index contributed by atoms with van der Waals surface area (Å²) in [7, 11) is -4.04. The number of carbonyl (C=O) groups excluding carboxylic acids is 1. The summed E-state index contributed by atoms with van der Waals surface area (Å²) in [6.07, 6.45) is 0. The molecule has 0 amide bonds. The number of ether oxygens (including phenoxy) is 1. The van der Waals surface area contributed by atoms with Crippen molar-refractivity contribution in [3.8, 4) is 0 Å². The monoisotopic (exact) mass is 520 g/mol. The van der Waals surface area contributed by atoms with Gasteiger partial charge >= 0.3 is 5.97 Å². The molecule has 37 heavy (non-hydrogen) atoms. The Balaban J connectivity index is 1.64. The van der Waals surface area contributed by atoms with E-state index in [2.05, 4.69) is 5.32 Å². The molecule has 192 valence electrons. The van der Waals surface area contributed by atoms with Gasteiger partial charge in [-0.3, -0.25) is 14.5 Å². The van der Waals surface area contributed by atoms with E-state index in [1.54, 1.807) is 55.5 Å². The van der Waals surface area contributed by atoms with Crippen LogP contribution in [0.4, 0.5) is 11.4 Å². The van der Waals surface area contributed by atoms with Crippen LogP contribution in [-0.4, -0.2) is 33.4 Å². The van der Waals surface area contributed by atoms with Crippen molar-refractivity contribution in [1.82, 2.24) is 0 Å². The molecule has 0 spiro atoms. The van der Waals surface area contributed by atoms with Crippen molar-refractivity contribution in [2.75, 3.05) is 22.8 Å². The van der Waals surface area contributed by atoms with Crippen molar-refractivity contribution >= 4 is 44.2 Å². The Labute approximate surface area is 215 Å². The molecule has 0 aliphatic rings. The number of rotatable bonds is 10. The Morgan fingerprint density at radius 1 is 1.08 bits per heavy atom. The summed E-state index contributed by atoms with van der Waals surface area (Å²) in [6.45, 7) is 3.66. The van der Waals surface area contributed by atoms with Gasteiger partial charge < -0.3 is 20.2 Å². The highest BCUT2D eigenvalue weighted by atomic mass is 32.2. The van der Waals surface area contributed by atoms with Gasteiger partial charge in [0.25, 0.3) is 10.0 Å². The van der Waals surface area contributed by atoms with Gasteiger partial charge in [-0.15, -0.1) is 0 Å². The van der Waals surface area contributed by atoms with Gasteiger partial charge in [-0.1, -0.05) is 18.2 Å². The van der Waals surface area contributed by atoms with E-state index in [0.717, 1.165) is 20.9 Å². The zero-order valence-electron chi connectivity index (χ0n) is 20.5. The number of nitrogens with two attached hydrogens (primary N) is 1. The summed E-state index contributed by atoms with van der Waals surface area (Å²) in [5.41, 5.74) is 8.68. The molecule has 0 unspecified atom stereocenters. The van der Waals surface area contributed by atoms with Gasteiger partial charge in [0.2, 0.25) is 0 Å². The summed E-state index contributed by atoms with van der Waals surface area (Å²) in [5, 5.41) is 11.6. The first-order chi connectivity index (χ1) is 17.7. The maximum Gasteiger partial charge on any atom is 0.326 e. The van der Waals surface area contributed by atoms with Crippen LogP contribution in [0, 0.1) is 12.3 Å². The third-order valence-electron chi connectivity index (χ3n) is 5.87. The molecule has 4 rings (SSSR count). The molecule has 3 aromatic carbocycles. The fourth-order valence-corrected chi connectivity index (χ4v) is 5.32. The molecule has 0 saturated heterocycles. The van der Waals surface area contributed by atoms with E-state index in [4.69, 9.17) is 20.3 Å². The number of hydrogen-bond acceptors (Lipinski definition) is 7. The lowest BCUT2D eigenvalue weighted by molar-refractivity contribution is -0.141. The van der Waals surface area contributed by atoms with Crippen LogP contribution >= 0.6 is 0 Å². The van der Waals surface area contributed by atoms with Crippen molar-refractivity contribution in [2.24, 2.45) is 5.73 Å². The molecule has 0 aliphatic heterocycles. The molecular weight excluding hydrogens is 492 g/mol. The molecule has 0 atom stereocenters. The summed E-state index contributed by atoms with van der Waals surface area (Å²) < 4.78 is 39.1. The topological polar surface area (TPSA) is 139 Å². The number of fused-ring (bicyclic) bond motifs is 1. The number of hydrogen-bond donors (Lipinski definition) is 3. The average Bonchev–Trinajstić information content (AvgIpc) is 3.21. The number of sulfonamides is 1. The molecule has 0 radical (unpaired) electrons. The van der Waals surface area contributed by atoms with E-state index in [0.29, 0.717) is 23.5 Å². The summed E-state index contributed by atoms with van der Waals surface area (Å²) in [4.78, 5) is 12.4. The number of nitrogens with one attached hydrogen (secondary N) is 2. The van der Waals surface area contributed by atoms with Crippen LogP contribution in [0.2, 0.25) is 0 Å². The highest BCUT2D eigenvalue weighted by Crippen LogP contribution is 2.32. The quantitative estimate of drug-likeness (QED) is 0.160. The number of esters is 1. The summed E-state index contributed by atoms with van der Waals surface area (Å²) >= 11 is 0. The molecular formula is C27H28N4O5S. The van der Waals surface area contributed by atoms with Gasteiger partial charge in [-0.25, -0.2) is 8.42 Å². The molecule has 1 aromatic heterocycles. The molecule has 10 heteroatoms. The number of benzene rings is 3. The number of furan rings is 1. The first-order valence-electron chi connectivity index (χ1n) is 11.6. The number of amidine groups is 1. The van der Waals surface area contributed by atoms with Crippen LogP contribution in [0.3, 0.4) is 0 Å². The molecule has 4 aromatic rings. The predicted octanol–water partition coefficient (Wildman–Crippen LogP) is 4.40. The normalized spacial score (nSPS) is 11.3. The van der Waals surface area contributed by atoms with E-state index in [-0.39, 0.29) is 23.0 Å². The van der Waals surface area contributed by atoms with Crippen LogP contribution < -0.4 is 15.4 Å². The van der Waals surface area contributed by atoms with Gasteiger partial charge in [0.05, 0.1) is 23.7 Å². The van der Waals surface area contributed by atoms with Crippen molar-refractivity contribution < 1.29 is 22.4 Å². The Morgan fingerprint density at radius 2 is 1.78 bits per heavy atom. The number of nitrogen functional groups attached to an aromatic ring is 1. The Bertz CT molecular complexity index is 1530. The van der Waals surface area contributed by atoms with Crippen LogP contribution in [0.25, 0.3) is 11.0 Å². The second-order valence-electron chi connectivity index (χ2n) is 8.31. The van der Waals surface area contributed by atoms with Crippen molar-refractivity contribution in [1.29, 1.82) is 5.41 Å². The molecule has 0 saturated carbocycles. The summed E-state index contributed by atoms with van der Waals surface area (Å²) in [6, 6.07) is 20.2. The highest BCUT2D eigenvalue weighted by Gasteiger charge is 2.28. The fraction of sp³-hybridized carbons (Fsp3) is 0.185. The van der Waals surface area contributed by atoms with Gasteiger partial charge in [0.1, 0.15) is 23.7 Å². The second kappa shape index (κ2) is 10.8. The Hall–Kier alpha value is -4.31. The van der Waals surface area contributed by atoms with Crippen molar-refractivity contribution in [2.45, 2.75) is 25.3 Å². The van der Waals surface area contributed by atoms with Crippen molar-refractivity contribution in [3.63, 3.8) is 0 Å². The Morgan fingerprint density at radius 3 is 2.43 bits per heavy atom. The second-order valence-corrected chi connectivity index (χ2v) is 10.2. The predicted molar refractivity (Wildman–Crippen MR) is 143 cm³/mol. The zero-order valence-corrected chi connectivity index (χ0v) is 21.3. The van der Waals surface area contributed by atoms with Gasteiger partial charge in [0, 0.05) is 28.3 Å². The maximum absolute atomic E-state index is 13.5. The van der Waals surface area contributed by atoms with Crippen LogP contribution in [0.1, 0.15) is 23.8 Å². The van der Waals surface area contributed by atoms with E-state index < -0.39 is 22.5 Å². The lowest BCUT2D eigenvalue weighted by Crippen LogP contribution is -2.36. The van der Waals surface area contributed by atoms with E-state index in [1.807, 2.05) is 19.1 Å². The minimum absolute atomic E-state index is 0.00163. The molecule has 0 fully saturated rings. The minimum atomic E-state index is -4.04. The molecule has 9 nitrogen and oxygen atoms in total. The standard InChI is InChI=1S/C27H28N4O5S/c1-3-35-26(32)17-31(37(33,34)22-7-5-4-6-8-22)21-13-14-23-18(2)25(36-24(23)15-21)16-30-20-11-9-19(10-12-20)27(28)29/h4-15,30H,3,16-17H2,1-2H3,(H3,28,29). The zero-order chi connectivity index (χ0) is 26.6. The maximum atomic E-state index is 13.5. The van der Waals surface area contributed by atoms with Gasteiger partial charge in [-0.2, -0.15) is 0 Å². The SMILES string of the molecule is CCOC(=O)CN(c1ccc2c(C)c(CNc3ccc(C(=N)N)cc3)oc2c1)S(=O)(=O)c1ccccc1. The third-order valence-corrected chi connectivity index (χ3v) is 7.65. The van der Waals surface area contributed by atoms with Crippen LogP contribution in [0.15, 0.2) is 82.1 Å². The number of nitrogens with zero attached hydrogens (tertiary/aromatic N) is 1. The minimum Gasteiger partial charge on any atom is -0.465 e. The average molecular weight is 521 g/mol. The molecule has 1 heterocycles. The third kappa shape index (κ3) is 5.59.